The van der Waals surface area contributed by atoms with E-state index in [0.29, 0.717) is 18.9 Å². The lowest BCUT2D eigenvalue weighted by molar-refractivity contribution is -0.115. The highest BCUT2D eigenvalue weighted by atomic mass is 32.2. The van der Waals surface area contributed by atoms with Gasteiger partial charge in [0.2, 0.25) is 15.4 Å². The van der Waals surface area contributed by atoms with Gasteiger partial charge in [0.25, 0.3) is 10.0 Å². The molecular weight excluding hydrogens is 350 g/mol. The second kappa shape index (κ2) is 8.84. The predicted octanol–water partition coefficient (Wildman–Crippen LogP) is 1.29. The van der Waals surface area contributed by atoms with Gasteiger partial charge in [-0.25, -0.2) is 13.1 Å². The third-order valence-electron chi connectivity index (χ3n) is 3.89. The molecule has 136 valence electrons. The van der Waals surface area contributed by atoms with Gasteiger partial charge in [0.05, 0.1) is 0 Å². The number of hydrogen-bond donors (Lipinski definition) is 2. The lowest BCUT2D eigenvalue weighted by Gasteiger charge is -2.30. The van der Waals surface area contributed by atoms with E-state index in [0.717, 1.165) is 37.4 Å². The number of amides is 1. The van der Waals surface area contributed by atoms with E-state index in [1.807, 2.05) is 0 Å². The molecule has 24 heavy (non-hydrogen) atoms. The zero-order valence-electron chi connectivity index (χ0n) is 14.1. The molecule has 2 heterocycles. The molecular formula is C14H25N5O3S2. The van der Waals surface area contributed by atoms with Crippen LogP contribution in [-0.2, 0) is 14.8 Å². The lowest BCUT2D eigenvalue weighted by atomic mass is 10.0. The van der Waals surface area contributed by atoms with Gasteiger partial charge in [0.15, 0.2) is 0 Å². The van der Waals surface area contributed by atoms with Crippen LogP contribution in [0.4, 0.5) is 5.13 Å². The minimum atomic E-state index is -3.67. The van der Waals surface area contributed by atoms with Crippen LogP contribution >= 0.6 is 11.3 Å². The molecule has 0 bridgehead atoms. The largest absolute Gasteiger partial charge is 0.303 e. The van der Waals surface area contributed by atoms with Crippen LogP contribution in [0.3, 0.4) is 0 Å². The maximum Gasteiger partial charge on any atom is 0.269 e. The highest BCUT2D eigenvalue weighted by Gasteiger charge is 2.21. The van der Waals surface area contributed by atoms with Crippen molar-refractivity contribution < 1.29 is 13.2 Å². The Morgan fingerprint density at radius 3 is 2.92 bits per heavy atom. The lowest BCUT2D eigenvalue weighted by Crippen LogP contribution is -2.36. The van der Waals surface area contributed by atoms with Crippen LogP contribution in [0.5, 0.6) is 0 Å². The fourth-order valence-electron chi connectivity index (χ4n) is 2.64. The van der Waals surface area contributed by atoms with Crippen LogP contribution in [0, 0.1) is 5.92 Å². The number of carbonyl (C=O) groups is 1. The third-order valence-corrected chi connectivity index (χ3v) is 6.56. The molecule has 1 saturated heterocycles. The summed E-state index contributed by atoms with van der Waals surface area (Å²) in [6.07, 6.45) is 3.54. The molecule has 0 spiro atoms. The van der Waals surface area contributed by atoms with Crippen LogP contribution in [0.2, 0.25) is 0 Å². The zero-order chi connectivity index (χ0) is 17.6. The quantitative estimate of drug-likeness (QED) is 0.524. The summed E-state index contributed by atoms with van der Waals surface area (Å²) in [7, 11) is -3.67. The molecule has 2 N–H and O–H groups in total. The normalized spacial score (nSPS) is 19.3. The van der Waals surface area contributed by atoms with Gasteiger partial charge in [-0.15, -0.1) is 10.2 Å². The Bertz CT molecular complexity index is 647. The van der Waals surface area contributed by atoms with Crippen molar-refractivity contribution in [2.24, 2.45) is 5.92 Å². The van der Waals surface area contributed by atoms with Gasteiger partial charge in [-0.05, 0) is 38.3 Å². The molecule has 0 radical (unpaired) electrons. The summed E-state index contributed by atoms with van der Waals surface area (Å²) in [4.78, 5) is 13.7. The minimum Gasteiger partial charge on any atom is -0.303 e. The van der Waals surface area contributed by atoms with Gasteiger partial charge in [0.1, 0.15) is 0 Å². The number of nitrogens with zero attached hydrogens (tertiary/aromatic N) is 3. The summed E-state index contributed by atoms with van der Waals surface area (Å²) in [5.74, 6) is 0.493. The molecule has 1 amide bonds. The number of carbonyl (C=O) groups excluding carboxylic acids is 1. The van der Waals surface area contributed by atoms with Crippen LogP contribution in [0.15, 0.2) is 4.34 Å². The van der Waals surface area contributed by atoms with E-state index >= 15 is 0 Å². The first-order valence-corrected chi connectivity index (χ1v) is 10.6. The van der Waals surface area contributed by atoms with E-state index in [1.165, 1.54) is 12.8 Å². The number of piperidine rings is 1. The van der Waals surface area contributed by atoms with Gasteiger partial charge in [-0.2, -0.15) is 0 Å². The second-order valence-corrected chi connectivity index (χ2v) is 8.99. The number of anilines is 1. The third kappa shape index (κ3) is 5.76. The van der Waals surface area contributed by atoms with E-state index in [4.69, 9.17) is 0 Å². The van der Waals surface area contributed by atoms with Crippen molar-refractivity contribution in [1.82, 2.24) is 19.8 Å². The van der Waals surface area contributed by atoms with E-state index < -0.39 is 10.0 Å². The smallest absolute Gasteiger partial charge is 0.269 e. The number of hydrogen-bond acceptors (Lipinski definition) is 7. The molecule has 0 unspecified atom stereocenters. The highest BCUT2D eigenvalue weighted by molar-refractivity contribution is 7.91. The topological polar surface area (TPSA) is 104 Å². The van der Waals surface area contributed by atoms with E-state index in [9.17, 15) is 13.2 Å². The maximum absolute atomic E-state index is 12.2. The van der Waals surface area contributed by atoms with Crippen LogP contribution < -0.4 is 10.0 Å². The van der Waals surface area contributed by atoms with Crippen LogP contribution in [0.1, 0.15) is 39.5 Å². The van der Waals surface area contributed by atoms with Gasteiger partial charge < -0.3 is 10.2 Å². The maximum atomic E-state index is 12.2. The number of nitrogens with one attached hydrogen (secondary N) is 2. The Hall–Kier alpha value is -1.10. The monoisotopic (exact) mass is 375 g/mol. The van der Waals surface area contributed by atoms with Crippen molar-refractivity contribution in [3.63, 3.8) is 0 Å². The van der Waals surface area contributed by atoms with Crippen molar-refractivity contribution in [2.75, 3.05) is 31.5 Å². The Kier molecular flexibility index (Phi) is 7.08. The Labute approximate surface area is 147 Å². The SMILES string of the molecule is CCC(=O)Nc1nnc(S(=O)(=O)NCCCN2CCC[C@@H](C)C2)s1. The van der Waals surface area contributed by atoms with Gasteiger partial charge in [-0.3, -0.25) is 4.79 Å². The molecule has 0 aromatic carbocycles. The van der Waals surface area contributed by atoms with Crippen molar-refractivity contribution in [2.45, 2.75) is 43.9 Å². The highest BCUT2D eigenvalue weighted by Crippen LogP contribution is 2.20. The standard InChI is InChI=1S/C14H25N5O3S2/c1-3-12(20)16-13-17-18-14(23-13)24(21,22)15-7-5-9-19-8-4-6-11(2)10-19/h11,15H,3-10H2,1-2H3,(H,16,17,20)/t11-/m1/s1. The molecule has 2 rings (SSSR count). The average Bonchev–Trinajstić information content (AvgIpc) is 3.01. The number of sulfonamides is 1. The summed E-state index contributed by atoms with van der Waals surface area (Å²) in [5.41, 5.74) is 0. The predicted molar refractivity (Wildman–Crippen MR) is 93.5 cm³/mol. The summed E-state index contributed by atoms with van der Waals surface area (Å²) in [6, 6.07) is 0. The molecule has 0 aliphatic carbocycles. The van der Waals surface area contributed by atoms with E-state index in [1.54, 1.807) is 6.92 Å². The number of aromatic nitrogens is 2. The first kappa shape index (κ1) is 19.2. The first-order valence-electron chi connectivity index (χ1n) is 8.26. The van der Waals surface area contributed by atoms with Crippen molar-refractivity contribution in [3.8, 4) is 0 Å². The van der Waals surface area contributed by atoms with Crippen molar-refractivity contribution in [3.05, 3.63) is 0 Å². The molecule has 1 atom stereocenters. The van der Waals surface area contributed by atoms with Gasteiger partial charge in [-0.1, -0.05) is 25.2 Å². The second-order valence-electron chi connectivity index (χ2n) is 6.07. The number of rotatable bonds is 8. The van der Waals surface area contributed by atoms with Crippen molar-refractivity contribution >= 4 is 32.4 Å². The molecule has 8 nitrogen and oxygen atoms in total. The van der Waals surface area contributed by atoms with Gasteiger partial charge >= 0.3 is 0 Å². The molecule has 1 aliphatic rings. The van der Waals surface area contributed by atoms with Crippen LogP contribution in [0.25, 0.3) is 0 Å². The Morgan fingerprint density at radius 1 is 1.42 bits per heavy atom. The molecule has 1 aromatic heterocycles. The molecule has 1 fully saturated rings. The van der Waals surface area contributed by atoms with Crippen molar-refractivity contribution in [1.29, 1.82) is 0 Å². The first-order chi connectivity index (χ1) is 11.4. The van der Waals surface area contributed by atoms with E-state index in [2.05, 4.69) is 32.1 Å². The molecule has 10 heteroatoms. The average molecular weight is 376 g/mol. The fraction of sp³-hybridized carbons (Fsp3) is 0.786. The number of likely N-dealkylation sites (tertiary alicyclic amines) is 1. The summed E-state index contributed by atoms with van der Waals surface area (Å²) >= 11 is 0.855. The molecule has 1 aromatic rings. The fourth-order valence-corrected chi connectivity index (χ4v) is 4.67. The Balaban J connectivity index is 1.77. The van der Waals surface area contributed by atoms with Crippen LogP contribution in [-0.4, -0.2) is 55.6 Å². The minimum absolute atomic E-state index is 0.125. The molecule has 1 aliphatic heterocycles. The van der Waals surface area contributed by atoms with E-state index in [-0.39, 0.29) is 15.4 Å². The Morgan fingerprint density at radius 2 is 2.21 bits per heavy atom. The summed E-state index contributed by atoms with van der Waals surface area (Å²) < 4.78 is 26.8. The zero-order valence-corrected chi connectivity index (χ0v) is 15.8. The summed E-state index contributed by atoms with van der Waals surface area (Å²) in [6.45, 7) is 7.39. The van der Waals surface area contributed by atoms with Gasteiger partial charge in [0, 0.05) is 19.5 Å². The summed E-state index contributed by atoms with van der Waals surface area (Å²) in [5, 5.41) is 10.0. The molecule has 0 saturated carbocycles.